The van der Waals surface area contributed by atoms with Crippen LogP contribution in [-0.4, -0.2) is 38.8 Å². The molecule has 7 nitrogen and oxygen atoms in total. The van der Waals surface area contributed by atoms with E-state index in [0.717, 1.165) is 0 Å². The lowest BCUT2D eigenvalue weighted by molar-refractivity contribution is -0.148. The highest BCUT2D eigenvalue weighted by Gasteiger charge is 2.18. The Kier molecular flexibility index (Phi) is 8.09. The molecule has 1 N–H and O–H groups in total. The molecule has 0 heterocycles. The normalized spacial score (nSPS) is 11.6. The zero-order valence-corrected chi connectivity index (χ0v) is 16.9. The highest BCUT2D eigenvalue weighted by molar-refractivity contribution is 5.97. The summed E-state index contributed by atoms with van der Waals surface area (Å²) < 4.78 is 21.1. The Bertz CT molecular complexity index is 877. The summed E-state index contributed by atoms with van der Waals surface area (Å²) in [5, 5.41) is 2.71. The molecule has 1 atom stereocenters. The number of esters is 1. The van der Waals surface area contributed by atoms with Crippen LogP contribution in [0.3, 0.4) is 0 Å². The van der Waals surface area contributed by atoms with E-state index in [0.29, 0.717) is 35.1 Å². The van der Waals surface area contributed by atoms with Crippen molar-refractivity contribution in [2.24, 2.45) is 0 Å². The van der Waals surface area contributed by atoms with Crippen LogP contribution in [0, 0.1) is 0 Å². The van der Waals surface area contributed by atoms with Crippen LogP contribution in [0.2, 0.25) is 0 Å². The molecule has 0 aliphatic heterocycles. The summed E-state index contributed by atoms with van der Waals surface area (Å²) in [6, 6.07) is 12.3. The van der Waals surface area contributed by atoms with Gasteiger partial charge in [-0.3, -0.25) is 4.79 Å². The highest BCUT2D eigenvalue weighted by atomic mass is 16.5. The Balaban J connectivity index is 1.98. The molecule has 2 rings (SSSR count). The molecule has 0 saturated heterocycles. The number of anilines is 1. The Labute approximate surface area is 170 Å². The predicted molar refractivity (Wildman–Crippen MR) is 110 cm³/mol. The molecule has 0 fully saturated rings. The summed E-state index contributed by atoms with van der Waals surface area (Å²) in [6.07, 6.45) is 1.80. The minimum atomic E-state index is -0.986. The molecule has 1 amide bonds. The van der Waals surface area contributed by atoms with Crippen molar-refractivity contribution in [1.29, 1.82) is 0 Å². The first-order valence-corrected chi connectivity index (χ1v) is 9.11. The van der Waals surface area contributed by atoms with Crippen LogP contribution in [-0.2, 0) is 14.3 Å². The summed E-state index contributed by atoms with van der Waals surface area (Å²) >= 11 is 0. The van der Waals surface area contributed by atoms with Gasteiger partial charge in [-0.2, -0.15) is 0 Å². The quantitative estimate of drug-likeness (QED) is 0.512. The number of ether oxygens (including phenoxy) is 4. The van der Waals surface area contributed by atoms with Crippen LogP contribution in [0.4, 0.5) is 5.69 Å². The molecule has 0 radical (unpaired) electrons. The Morgan fingerprint density at radius 2 is 1.83 bits per heavy atom. The fraction of sp³-hybridized carbons (Fsp3) is 0.273. The fourth-order valence-electron chi connectivity index (χ4n) is 2.47. The molecular formula is C22H25NO6. The van der Waals surface area contributed by atoms with E-state index in [2.05, 4.69) is 5.32 Å². The van der Waals surface area contributed by atoms with E-state index in [-0.39, 0.29) is 0 Å². The molecule has 154 valence electrons. The first kappa shape index (κ1) is 21.8. The number of hydrogen-bond donors (Lipinski definition) is 1. The topological polar surface area (TPSA) is 83.1 Å². The molecule has 0 aliphatic carbocycles. The smallest absolute Gasteiger partial charge is 0.331 e. The van der Waals surface area contributed by atoms with Crippen molar-refractivity contribution in [3.8, 4) is 17.2 Å². The van der Waals surface area contributed by atoms with Gasteiger partial charge in [0.05, 0.1) is 26.5 Å². The number of nitrogens with one attached hydrogen (secondary N) is 1. The maximum absolute atomic E-state index is 12.3. The van der Waals surface area contributed by atoms with Crippen LogP contribution in [0.15, 0.2) is 48.5 Å². The van der Waals surface area contributed by atoms with Crippen LogP contribution < -0.4 is 19.5 Å². The third-order valence-corrected chi connectivity index (χ3v) is 3.95. The first-order chi connectivity index (χ1) is 14.0. The molecule has 0 saturated carbocycles. The minimum Gasteiger partial charge on any atom is -0.497 e. The van der Waals surface area contributed by atoms with Crippen molar-refractivity contribution in [1.82, 2.24) is 0 Å². The monoisotopic (exact) mass is 399 g/mol. The van der Waals surface area contributed by atoms with Crippen LogP contribution in [0.5, 0.6) is 17.2 Å². The van der Waals surface area contributed by atoms with E-state index < -0.39 is 18.0 Å². The predicted octanol–water partition coefficient (Wildman–Crippen LogP) is 3.69. The van der Waals surface area contributed by atoms with Gasteiger partial charge in [-0.15, -0.1) is 0 Å². The SMILES string of the molecule is CCOc1ccccc1NC(=O)C(C)OC(=O)/C=C/c1ccc(OC)cc1OC. The average Bonchev–Trinajstić information content (AvgIpc) is 2.73. The number of rotatable bonds is 9. The number of methoxy groups -OCH3 is 2. The third kappa shape index (κ3) is 6.27. The largest absolute Gasteiger partial charge is 0.497 e. The zero-order valence-electron chi connectivity index (χ0n) is 16.9. The van der Waals surface area contributed by atoms with Gasteiger partial charge in [0.25, 0.3) is 5.91 Å². The van der Waals surface area contributed by atoms with Crippen LogP contribution in [0.1, 0.15) is 19.4 Å². The second kappa shape index (κ2) is 10.8. The third-order valence-electron chi connectivity index (χ3n) is 3.95. The molecule has 0 spiro atoms. The van der Waals surface area contributed by atoms with Gasteiger partial charge in [-0.05, 0) is 44.2 Å². The van der Waals surface area contributed by atoms with Gasteiger partial charge in [0.1, 0.15) is 17.2 Å². The molecule has 0 aromatic heterocycles. The van der Waals surface area contributed by atoms with E-state index in [1.54, 1.807) is 49.6 Å². The number of para-hydroxylation sites is 2. The van der Waals surface area contributed by atoms with Gasteiger partial charge in [-0.25, -0.2) is 4.79 Å². The second-order valence-electron chi connectivity index (χ2n) is 5.94. The van der Waals surface area contributed by atoms with E-state index in [9.17, 15) is 9.59 Å². The lowest BCUT2D eigenvalue weighted by atomic mass is 10.1. The summed E-state index contributed by atoms with van der Waals surface area (Å²) in [5.41, 5.74) is 1.19. The van der Waals surface area contributed by atoms with Gasteiger partial charge in [0.15, 0.2) is 6.10 Å². The number of hydrogen-bond acceptors (Lipinski definition) is 6. The summed E-state index contributed by atoms with van der Waals surface area (Å²) in [6.45, 7) is 3.82. The van der Waals surface area contributed by atoms with Gasteiger partial charge < -0.3 is 24.3 Å². The highest BCUT2D eigenvalue weighted by Crippen LogP contribution is 2.26. The molecule has 0 bridgehead atoms. The molecule has 7 heteroatoms. The lowest BCUT2D eigenvalue weighted by Crippen LogP contribution is -2.29. The first-order valence-electron chi connectivity index (χ1n) is 9.11. The maximum atomic E-state index is 12.3. The number of carbonyl (C=O) groups is 2. The number of carbonyl (C=O) groups excluding carboxylic acids is 2. The maximum Gasteiger partial charge on any atom is 0.331 e. The van der Waals surface area contributed by atoms with Gasteiger partial charge in [-0.1, -0.05) is 12.1 Å². The van der Waals surface area contributed by atoms with Crippen molar-refractivity contribution >= 4 is 23.6 Å². The average molecular weight is 399 g/mol. The molecule has 29 heavy (non-hydrogen) atoms. The molecular weight excluding hydrogens is 374 g/mol. The van der Waals surface area contributed by atoms with Crippen molar-refractivity contribution in [3.05, 3.63) is 54.1 Å². The second-order valence-corrected chi connectivity index (χ2v) is 5.94. The summed E-state index contributed by atoms with van der Waals surface area (Å²) in [4.78, 5) is 24.4. The van der Waals surface area contributed by atoms with Crippen molar-refractivity contribution in [3.63, 3.8) is 0 Å². The van der Waals surface area contributed by atoms with E-state index in [1.807, 2.05) is 13.0 Å². The molecule has 2 aromatic carbocycles. The van der Waals surface area contributed by atoms with Crippen molar-refractivity contribution in [2.45, 2.75) is 20.0 Å². The van der Waals surface area contributed by atoms with Gasteiger partial charge in [0, 0.05) is 17.7 Å². The van der Waals surface area contributed by atoms with E-state index >= 15 is 0 Å². The standard InChI is InChI=1S/C22H25NO6/c1-5-28-19-9-7-6-8-18(19)23-22(25)15(2)29-21(24)13-11-16-10-12-17(26-3)14-20(16)27-4/h6-15H,5H2,1-4H3,(H,23,25)/b13-11+. The Hall–Kier alpha value is -3.48. The summed E-state index contributed by atoms with van der Waals surface area (Å²) in [7, 11) is 3.08. The minimum absolute atomic E-state index is 0.457. The lowest BCUT2D eigenvalue weighted by Gasteiger charge is -2.15. The Morgan fingerprint density at radius 3 is 2.52 bits per heavy atom. The van der Waals surface area contributed by atoms with Crippen molar-refractivity contribution < 1.29 is 28.5 Å². The number of benzene rings is 2. The molecule has 1 unspecified atom stereocenters. The van der Waals surface area contributed by atoms with Gasteiger partial charge >= 0.3 is 5.97 Å². The number of amides is 1. The fourth-order valence-corrected chi connectivity index (χ4v) is 2.47. The van der Waals surface area contributed by atoms with Crippen LogP contribution >= 0.6 is 0 Å². The summed E-state index contributed by atoms with van der Waals surface area (Å²) in [5.74, 6) is 0.629. The van der Waals surface area contributed by atoms with E-state index in [1.165, 1.54) is 20.1 Å². The van der Waals surface area contributed by atoms with Crippen LogP contribution in [0.25, 0.3) is 6.08 Å². The zero-order chi connectivity index (χ0) is 21.2. The van der Waals surface area contributed by atoms with Gasteiger partial charge in [0.2, 0.25) is 0 Å². The molecule has 0 aliphatic rings. The molecule has 2 aromatic rings. The van der Waals surface area contributed by atoms with E-state index in [4.69, 9.17) is 18.9 Å². The Morgan fingerprint density at radius 1 is 1.07 bits per heavy atom. The van der Waals surface area contributed by atoms with Crippen molar-refractivity contribution in [2.75, 3.05) is 26.1 Å².